The van der Waals surface area contributed by atoms with Crippen LogP contribution in [0.15, 0.2) is 28.0 Å². The number of hydrogen-bond acceptors (Lipinski definition) is 8. The molecule has 2 saturated heterocycles. The molecule has 4 heterocycles. The van der Waals surface area contributed by atoms with Gasteiger partial charge in [0.05, 0.1) is 35.8 Å². The molecule has 32 heavy (non-hydrogen) atoms. The fourth-order valence-electron chi connectivity index (χ4n) is 4.03. The van der Waals surface area contributed by atoms with Crippen molar-refractivity contribution in [3.05, 3.63) is 44.7 Å². The average Bonchev–Trinajstić information content (AvgIpc) is 3.00. The van der Waals surface area contributed by atoms with Gasteiger partial charge in [0, 0.05) is 26.4 Å². The molecule has 2 fully saturated rings. The molecule has 8 nitrogen and oxygen atoms in total. The first-order valence-electron chi connectivity index (χ1n) is 10.5. The highest BCUT2D eigenvalue weighted by Crippen LogP contribution is 2.33. The highest BCUT2D eigenvalue weighted by Gasteiger charge is 2.33. The number of pyridine rings is 1. The number of aromatic nitrogens is 2. The topological polar surface area (TPSA) is 76.4 Å². The maximum Gasteiger partial charge on any atom is 0.267 e. The number of anilines is 1. The number of aryl methyl sites for hydroxylation is 1. The number of amides is 1. The Hall–Kier alpha value is -2.27. The molecule has 2 aromatic rings. The zero-order valence-corrected chi connectivity index (χ0v) is 20.2. The second-order valence-electron chi connectivity index (χ2n) is 8.03. The lowest BCUT2D eigenvalue weighted by molar-refractivity contribution is -0.122. The van der Waals surface area contributed by atoms with Crippen LogP contribution in [0.2, 0.25) is 0 Å². The lowest BCUT2D eigenvalue weighted by Crippen LogP contribution is -2.46. The smallest absolute Gasteiger partial charge is 0.267 e. The van der Waals surface area contributed by atoms with Crippen LogP contribution >= 0.6 is 24.0 Å². The molecule has 1 amide bonds. The molecule has 2 atom stereocenters. The SMILES string of the molecule is COCCN1C(=O)/C(=C\c2c(N3C[C@@H](C)O[C@@H](C)C3)nc3c(C)cccn3c2=O)SC1=S. The van der Waals surface area contributed by atoms with Gasteiger partial charge in [-0.25, -0.2) is 4.98 Å². The number of methoxy groups -OCH3 is 1. The third-order valence-corrected chi connectivity index (χ3v) is 6.83. The van der Waals surface area contributed by atoms with E-state index in [0.717, 1.165) is 5.56 Å². The molecule has 170 valence electrons. The molecule has 0 spiro atoms. The fourth-order valence-corrected chi connectivity index (χ4v) is 5.32. The molecule has 0 saturated carbocycles. The van der Waals surface area contributed by atoms with Crippen LogP contribution in [-0.2, 0) is 14.3 Å². The molecule has 2 aliphatic rings. The Morgan fingerprint density at radius 2 is 2.03 bits per heavy atom. The van der Waals surface area contributed by atoms with Crippen molar-refractivity contribution in [2.75, 3.05) is 38.3 Å². The minimum Gasteiger partial charge on any atom is -0.383 e. The first-order chi connectivity index (χ1) is 15.3. The third kappa shape index (κ3) is 4.32. The van der Waals surface area contributed by atoms with Crippen LogP contribution < -0.4 is 10.5 Å². The number of rotatable bonds is 5. The van der Waals surface area contributed by atoms with E-state index in [1.165, 1.54) is 21.1 Å². The van der Waals surface area contributed by atoms with E-state index in [9.17, 15) is 9.59 Å². The summed E-state index contributed by atoms with van der Waals surface area (Å²) in [6.07, 6.45) is 3.33. The van der Waals surface area contributed by atoms with E-state index in [1.807, 2.05) is 32.9 Å². The predicted octanol–water partition coefficient (Wildman–Crippen LogP) is 2.46. The zero-order chi connectivity index (χ0) is 23.0. The van der Waals surface area contributed by atoms with Crippen LogP contribution in [0, 0.1) is 6.92 Å². The van der Waals surface area contributed by atoms with Crippen LogP contribution in [0.3, 0.4) is 0 Å². The number of hydrogen-bond donors (Lipinski definition) is 0. The zero-order valence-electron chi connectivity index (χ0n) is 18.5. The summed E-state index contributed by atoms with van der Waals surface area (Å²) in [5.41, 5.74) is 1.66. The summed E-state index contributed by atoms with van der Waals surface area (Å²) < 4.78 is 12.9. The van der Waals surface area contributed by atoms with Crippen LogP contribution in [0.4, 0.5) is 5.82 Å². The van der Waals surface area contributed by atoms with Gasteiger partial charge in [-0.05, 0) is 38.5 Å². The van der Waals surface area contributed by atoms with Gasteiger partial charge < -0.3 is 14.4 Å². The first-order valence-corrected chi connectivity index (χ1v) is 11.7. The third-order valence-electron chi connectivity index (χ3n) is 5.45. The Labute approximate surface area is 196 Å². The summed E-state index contributed by atoms with van der Waals surface area (Å²) in [6.45, 7) is 7.90. The Kier molecular flexibility index (Phi) is 6.66. The van der Waals surface area contributed by atoms with Crippen LogP contribution in [0.1, 0.15) is 25.0 Å². The van der Waals surface area contributed by atoms with Crippen molar-refractivity contribution in [1.29, 1.82) is 0 Å². The van der Waals surface area contributed by atoms with E-state index in [0.29, 0.717) is 52.5 Å². The molecule has 2 aromatic heterocycles. The number of morpholine rings is 1. The molecular weight excluding hydrogens is 448 g/mol. The fraction of sp³-hybridized carbons (Fsp3) is 0.455. The quantitative estimate of drug-likeness (QED) is 0.483. The van der Waals surface area contributed by atoms with Gasteiger partial charge in [-0.2, -0.15) is 0 Å². The van der Waals surface area contributed by atoms with E-state index in [1.54, 1.807) is 19.4 Å². The number of carbonyl (C=O) groups is 1. The van der Waals surface area contributed by atoms with Crippen molar-refractivity contribution in [2.45, 2.75) is 33.0 Å². The standard InChI is InChI=1S/C22H26N4O4S2/c1-13-6-5-7-25-18(13)23-19(24-11-14(2)30-15(3)12-24)16(20(25)27)10-17-21(28)26(8-9-29-4)22(31)32-17/h5-7,10,14-15H,8-9,11-12H2,1-4H3/b17-10+/t14-,15+. The Morgan fingerprint density at radius 1 is 1.31 bits per heavy atom. The van der Waals surface area contributed by atoms with Crippen LogP contribution in [-0.4, -0.2) is 70.1 Å². The maximum absolute atomic E-state index is 13.6. The summed E-state index contributed by atoms with van der Waals surface area (Å²) in [7, 11) is 1.58. The summed E-state index contributed by atoms with van der Waals surface area (Å²) in [4.78, 5) is 35.4. The predicted molar refractivity (Wildman–Crippen MR) is 130 cm³/mol. The van der Waals surface area contributed by atoms with E-state index < -0.39 is 0 Å². The molecule has 0 radical (unpaired) electrons. The molecule has 10 heteroatoms. The van der Waals surface area contributed by atoms with Gasteiger partial charge in [0.15, 0.2) is 0 Å². The number of fused-ring (bicyclic) bond motifs is 1. The Balaban J connectivity index is 1.85. The van der Waals surface area contributed by atoms with Gasteiger partial charge in [-0.1, -0.05) is 30.0 Å². The highest BCUT2D eigenvalue weighted by molar-refractivity contribution is 8.26. The summed E-state index contributed by atoms with van der Waals surface area (Å²) in [5, 5.41) is 0. The second kappa shape index (κ2) is 9.30. The van der Waals surface area contributed by atoms with Gasteiger partial charge in [0.2, 0.25) is 0 Å². The van der Waals surface area contributed by atoms with Crippen molar-refractivity contribution >= 4 is 51.7 Å². The molecule has 2 aliphatic heterocycles. The number of nitrogens with zero attached hydrogens (tertiary/aromatic N) is 4. The van der Waals surface area contributed by atoms with E-state index in [-0.39, 0.29) is 23.7 Å². The molecule has 4 rings (SSSR count). The van der Waals surface area contributed by atoms with Crippen molar-refractivity contribution in [1.82, 2.24) is 14.3 Å². The molecule has 0 aliphatic carbocycles. The van der Waals surface area contributed by atoms with Gasteiger partial charge in [0.25, 0.3) is 11.5 Å². The molecule has 0 aromatic carbocycles. The number of carbonyl (C=O) groups excluding carboxylic acids is 1. The molecule has 0 bridgehead atoms. The summed E-state index contributed by atoms with van der Waals surface area (Å²) in [6, 6.07) is 3.74. The van der Waals surface area contributed by atoms with Crippen molar-refractivity contribution < 1.29 is 14.3 Å². The molecule has 0 N–H and O–H groups in total. The van der Waals surface area contributed by atoms with Gasteiger partial charge in [0.1, 0.15) is 15.8 Å². The van der Waals surface area contributed by atoms with E-state index >= 15 is 0 Å². The minimum absolute atomic E-state index is 0.00373. The van der Waals surface area contributed by atoms with Crippen molar-refractivity contribution in [2.24, 2.45) is 0 Å². The van der Waals surface area contributed by atoms with Gasteiger partial charge >= 0.3 is 0 Å². The van der Waals surface area contributed by atoms with Crippen LogP contribution in [0.25, 0.3) is 11.7 Å². The molecule has 0 unspecified atom stereocenters. The Morgan fingerprint density at radius 3 is 2.72 bits per heavy atom. The van der Waals surface area contributed by atoms with Crippen LogP contribution in [0.5, 0.6) is 0 Å². The first kappa shape index (κ1) is 22.9. The van der Waals surface area contributed by atoms with E-state index in [2.05, 4.69) is 4.90 Å². The van der Waals surface area contributed by atoms with Crippen molar-refractivity contribution in [3.63, 3.8) is 0 Å². The number of ether oxygens (including phenoxy) is 2. The normalized spacial score (nSPS) is 23.1. The largest absolute Gasteiger partial charge is 0.383 e. The maximum atomic E-state index is 13.6. The van der Waals surface area contributed by atoms with Gasteiger partial charge in [-0.3, -0.25) is 18.9 Å². The highest BCUT2D eigenvalue weighted by atomic mass is 32.2. The number of thioether (sulfide) groups is 1. The van der Waals surface area contributed by atoms with Crippen molar-refractivity contribution in [3.8, 4) is 0 Å². The average molecular weight is 475 g/mol. The lowest BCUT2D eigenvalue weighted by Gasteiger charge is -2.36. The van der Waals surface area contributed by atoms with E-state index in [4.69, 9.17) is 26.7 Å². The second-order valence-corrected chi connectivity index (χ2v) is 9.70. The van der Waals surface area contributed by atoms with Gasteiger partial charge in [-0.15, -0.1) is 0 Å². The number of thiocarbonyl (C=S) groups is 1. The monoisotopic (exact) mass is 474 g/mol. The lowest BCUT2D eigenvalue weighted by atomic mass is 10.1. The summed E-state index contributed by atoms with van der Waals surface area (Å²) >= 11 is 6.58. The summed E-state index contributed by atoms with van der Waals surface area (Å²) in [5.74, 6) is 0.342. The Bertz CT molecular complexity index is 1150. The molecular formula is C22H26N4O4S2. The minimum atomic E-state index is -0.222.